The minimum absolute atomic E-state index is 0.521. The predicted molar refractivity (Wildman–Crippen MR) is 62.6 cm³/mol. The van der Waals surface area contributed by atoms with E-state index in [4.69, 9.17) is 4.52 Å². The van der Waals surface area contributed by atoms with Crippen LogP contribution < -0.4 is 0 Å². The number of aromatic nitrogens is 1. The summed E-state index contributed by atoms with van der Waals surface area (Å²) in [5, 5.41) is 0. The molecule has 0 aliphatic rings. The zero-order valence-electron chi connectivity index (χ0n) is 9.35. The maximum Gasteiger partial charge on any atom is 0.203 e. The molecule has 1 unspecified atom stereocenters. The average molecular weight is 227 g/mol. The lowest BCUT2D eigenvalue weighted by Crippen LogP contribution is -2.02. The van der Waals surface area contributed by atoms with Crippen molar-refractivity contribution in [2.24, 2.45) is 0 Å². The van der Waals surface area contributed by atoms with Crippen molar-refractivity contribution in [1.29, 1.82) is 0 Å². The summed E-state index contributed by atoms with van der Waals surface area (Å²) < 4.78 is 17.4. The van der Waals surface area contributed by atoms with Gasteiger partial charge in [-0.15, -0.1) is 0 Å². The van der Waals surface area contributed by atoms with Crippen molar-refractivity contribution in [2.75, 3.05) is 18.9 Å². The molecule has 84 valence electrons. The van der Waals surface area contributed by atoms with Crippen molar-refractivity contribution < 1.29 is 9.09 Å². The molecular weight excluding hydrogens is 209 g/mol. The van der Waals surface area contributed by atoms with E-state index >= 15 is 0 Å². The Morgan fingerprint density at radius 1 is 1.40 bits per heavy atom. The molecule has 0 radical (unpaired) electrons. The Balaban J connectivity index is 2.51. The van der Waals surface area contributed by atoms with E-state index in [1.54, 1.807) is 6.20 Å². The summed E-state index contributed by atoms with van der Waals surface area (Å²) in [6, 6.07) is 5.78. The van der Waals surface area contributed by atoms with Crippen LogP contribution in [0.5, 0.6) is 0 Å². The summed E-state index contributed by atoms with van der Waals surface area (Å²) in [4.78, 5) is 4.20. The van der Waals surface area contributed by atoms with Crippen LogP contribution in [-0.2, 0) is 15.5 Å². The molecule has 0 bridgehead atoms. The number of aryl methyl sites for hydroxylation is 1. The molecule has 0 aromatic carbocycles. The van der Waals surface area contributed by atoms with Gasteiger partial charge < -0.3 is 4.52 Å². The molecule has 0 saturated heterocycles. The molecule has 0 amide bonds. The first-order valence-corrected chi connectivity index (χ1v) is 7.32. The third kappa shape index (κ3) is 4.15. The first-order valence-electron chi connectivity index (χ1n) is 5.32. The van der Waals surface area contributed by atoms with Crippen molar-refractivity contribution in [3.63, 3.8) is 0 Å². The van der Waals surface area contributed by atoms with Crippen molar-refractivity contribution in [1.82, 2.24) is 4.98 Å². The molecule has 0 N–H and O–H groups in total. The van der Waals surface area contributed by atoms with Gasteiger partial charge in [-0.1, -0.05) is 13.0 Å². The second kappa shape index (κ2) is 6.04. The van der Waals surface area contributed by atoms with Crippen LogP contribution in [0, 0.1) is 0 Å². The van der Waals surface area contributed by atoms with Crippen LogP contribution in [0.25, 0.3) is 0 Å². The number of rotatable bonds is 6. The number of hydrogen-bond donors (Lipinski definition) is 0. The maximum atomic E-state index is 12.1. The summed E-state index contributed by atoms with van der Waals surface area (Å²) in [6.07, 6.45) is 3.68. The third-order valence-electron chi connectivity index (χ3n) is 2.28. The Bertz CT molecular complexity index is 327. The average Bonchev–Trinajstić information content (AvgIpc) is 2.28. The lowest BCUT2D eigenvalue weighted by Gasteiger charge is -2.15. The molecule has 0 spiro atoms. The third-order valence-corrected chi connectivity index (χ3v) is 4.88. The van der Waals surface area contributed by atoms with Crippen LogP contribution in [0.1, 0.15) is 19.5 Å². The quantitative estimate of drug-likeness (QED) is 0.701. The van der Waals surface area contributed by atoms with Gasteiger partial charge in [0.05, 0.1) is 6.61 Å². The lowest BCUT2D eigenvalue weighted by molar-refractivity contribution is 0.333. The summed E-state index contributed by atoms with van der Waals surface area (Å²) in [5.41, 5.74) is 0.978. The molecule has 0 saturated carbocycles. The highest BCUT2D eigenvalue weighted by atomic mass is 31.2. The van der Waals surface area contributed by atoms with E-state index in [0.717, 1.165) is 12.1 Å². The first kappa shape index (κ1) is 12.4. The maximum absolute atomic E-state index is 12.1. The van der Waals surface area contributed by atoms with E-state index in [0.29, 0.717) is 18.9 Å². The van der Waals surface area contributed by atoms with Crippen LogP contribution in [0.2, 0.25) is 0 Å². The van der Waals surface area contributed by atoms with Crippen molar-refractivity contribution in [2.45, 2.75) is 20.3 Å². The Kier molecular flexibility index (Phi) is 5.00. The molecule has 15 heavy (non-hydrogen) atoms. The van der Waals surface area contributed by atoms with E-state index in [1.165, 1.54) is 0 Å². The molecule has 3 nitrogen and oxygen atoms in total. The lowest BCUT2D eigenvalue weighted by atomic mass is 10.3. The van der Waals surface area contributed by atoms with Crippen LogP contribution in [-0.4, -0.2) is 23.9 Å². The van der Waals surface area contributed by atoms with E-state index in [9.17, 15) is 4.57 Å². The minimum Gasteiger partial charge on any atom is -0.329 e. The molecular formula is C11H18NO2P. The Labute approximate surface area is 91.3 Å². The van der Waals surface area contributed by atoms with Gasteiger partial charge in [0.2, 0.25) is 7.37 Å². The number of pyridine rings is 1. The molecule has 1 aromatic rings. The molecule has 1 heterocycles. The monoisotopic (exact) mass is 227 g/mol. The Morgan fingerprint density at radius 2 is 2.20 bits per heavy atom. The highest BCUT2D eigenvalue weighted by Crippen LogP contribution is 2.46. The predicted octanol–water partition coefficient (Wildman–Crippen LogP) is 2.96. The van der Waals surface area contributed by atoms with E-state index in [2.05, 4.69) is 4.98 Å². The minimum atomic E-state index is -2.41. The standard InChI is InChI=1S/C11H18NO2P/c1-3-14-15(13,4-2)10-8-11-7-5-6-9-12-11/h5-7,9H,3-4,8,10H2,1-2H3. The van der Waals surface area contributed by atoms with E-state index < -0.39 is 7.37 Å². The van der Waals surface area contributed by atoms with E-state index in [-0.39, 0.29) is 0 Å². The SMILES string of the molecule is CCOP(=O)(CC)CCc1ccccn1. The fraction of sp³-hybridized carbons (Fsp3) is 0.545. The summed E-state index contributed by atoms with van der Waals surface area (Å²) in [5.74, 6) is 0. The second-order valence-corrected chi connectivity index (χ2v) is 6.31. The molecule has 0 aliphatic heterocycles. The normalized spacial score (nSPS) is 14.8. The van der Waals surface area contributed by atoms with Gasteiger partial charge in [0.1, 0.15) is 0 Å². The van der Waals surface area contributed by atoms with Gasteiger partial charge in [0.15, 0.2) is 0 Å². The summed E-state index contributed by atoms with van der Waals surface area (Å²) in [6.45, 7) is 4.31. The fourth-order valence-corrected chi connectivity index (χ4v) is 3.05. The molecule has 1 aromatic heterocycles. The zero-order valence-corrected chi connectivity index (χ0v) is 10.2. The van der Waals surface area contributed by atoms with Gasteiger partial charge in [0.25, 0.3) is 0 Å². The summed E-state index contributed by atoms with van der Waals surface area (Å²) in [7, 11) is -2.41. The van der Waals surface area contributed by atoms with Gasteiger partial charge in [-0.05, 0) is 25.5 Å². The second-order valence-electron chi connectivity index (χ2n) is 3.34. The van der Waals surface area contributed by atoms with Gasteiger partial charge >= 0.3 is 0 Å². The number of hydrogen-bond acceptors (Lipinski definition) is 3. The first-order chi connectivity index (χ1) is 7.20. The number of nitrogens with zero attached hydrogens (tertiary/aromatic N) is 1. The van der Waals surface area contributed by atoms with Crippen molar-refractivity contribution in [3.05, 3.63) is 30.1 Å². The van der Waals surface area contributed by atoms with Crippen molar-refractivity contribution >= 4 is 7.37 Å². The van der Waals surface area contributed by atoms with Gasteiger partial charge in [-0.25, -0.2) is 0 Å². The highest BCUT2D eigenvalue weighted by Gasteiger charge is 2.19. The largest absolute Gasteiger partial charge is 0.329 e. The molecule has 0 fully saturated rings. The molecule has 1 atom stereocenters. The Hall–Kier alpha value is -0.660. The smallest absolute Gasteiger partial charge is 0.203 e. The molecule has 0 aliphatic carbocycles. The van der Waals surface area contributed by atoms with Gasteiger partial charge in [-0.2, -0.15) is 0 Å². The summed E-state index contributed by atoms with van der Waals surface area (Å²) >= 11 is 0. The van der Waals surface area contributed by atoms with Gasteiger partial charge in [-0.3, -0.25) is 9.55 Å². The molecule has 1 rings (SSSR count). The fourth-order valence-electron chi connectivity index (χ4n) is 1.38. The topological polar surface area (TPSA) is 39.2 Å². The van der Waals surface area contributed by atoms with Gasteiger partial charge in [0, 0.05) is 24.2 Å². The highest BCUT2D eigenvalue weighted by molar-refractivity contribution is 7.58. The van der Waals surface area contributed by atoms with Crippen LogP contribution in [0.3, 0.4) is 0 Å². The molecule has 4 heteroatoms. The van der Waals surface area contributed by atoms with Crippen LogP contribution >= 0.6 is 7.37 Å². The van der Waals surface area contributed by atoms with Crippen LogP contribution in [0.15, 0.2) is 24.4 Å². The van der Waals surface area contributed by atoms with Crippen LogP contribution in [0.4, 0.5) is 0 Å². The zero-order chi connectivity index (χ0) is 11.1. The Morgan fingerprint density at radius 3 is 2.73 bits per heavy atom. The van der Waals surface area contributed by atoms with Crippen molar-refractivity contribution in [3.8, 4) is 0 Å². The van der Waals surface area contributed by atoms with E-state index in [1.807, 2.05) is 32.0 Å².